The first-order valence-electron chi connectivity index (χ1n) is 8.93. The molecule has 3 aromatic rings. The van der Waals surface area contributed by atoms with E-state index in [1.807, 2.05) is 26.0 Å². The third kappa shape index (κ3) is 3.99. The van der Waals surface area contributed by atoms with Gasteiger partial charge in [0.1, 0.15) is 12.3 Å². The van der Waals surface area contributed by atoms with Gasteiger partial charge in [-0.2, -0.15) is 4.99 Å². The lowest BCUT2D eigenvalue weighted by atomic mass is 10.1. The third-order valence-electron chi connectivity index (χ3n) is 4.43. The number of nitrogens with zero attached hydrogens (tertiary/aromatic N) is 2. The van der Waals surface area contributed by atoms with Crippen LogP contribution in [0.4, 0.5) is 0 Å². The molecule has 0 saturated heterocycles. The summed E-state index contributed by atoms with van der Waals surface area (Å²) in [7, 11) is 1.51. The van der Waals surface area contributed by atoms with Gasteiger partial charge in [-0.05, 0) is 56.2 Å². The van der Waals surface area contributed by atoms with E-state index in [4.69, 9.17) is 9.47 Å². The molecular weight excluding hydrogens is 376 g/mol. The number of thiazole rings is 1. The van der Waals surface area contributed by atoms with Gasteiger partial charge in [0.25, 0.3) is 5.91 Å². The SMILES string of the molecule is CCOC(=O)Cn1c(=NC(=O)c2ccccc2OC)sc2cc(C)c(C)cc21. The van der Waals surface area contributed by atoms with Crippen molar-refractivity contribution in [2.75, 3.05) is 13.7 Å². The number of amides is 1. The van der Waals surface area contributed by atoms with Gasteiger partial charge in [0, 0.05) is 0 Å². The van der Waals surface area contributed by atoms with E-state index in [9.17, 15) is 9.59 Å². The number of carbonyl (C=O) groups excluding carboxylic acids is 2. The Bertz CT molecular complexity index is 1110. The second-order valence-electron chi connectivity index (χ2n) is 6.30. The summed E-state index contributed by atoms with van der Waals surface area (Å²) < 4.78 is 13.1. The normalized spacial score (nSPS) is 11.6. The molecule has 0 radical (unpaired) electrons. The Morgan fingerprint density at radius 2 is 1.86 bits per heavy atom. The molecule has 0 N–H and O–H groups in total. The van der Waals surface area contributed by atoms with Gasteiger partial charge in [0.15, 0.2) is 4.80 Å². The van der Waals surface area contributed by atoms with Crippen molar-refractivity contribution >= 4 is 33.4 Å². The Hall–Kier alpha value is -2.93. The standard InChI is InChI=1S/C21H22N2O4S/c1-5-27-19(24)12-23-16-10-13(2)14(3)11-18(16)28-21(23)22-20(25)15-8-6-7-9-17(15)26-4/h6-11H,5,12H2,1-4H3. The number of hydrogen-bond donors (Lipinski definition) is 0. The van der Waals surface area contributed by atoms with E-state index in [1.54, 1.807) is 35.8 Å². The largest absolute Gasteiger partial charge is 0.496 e. The van der Waals surface area contributed by atoms with E-state index >= 15 is 0 Å². The molecule has 1 amide bonds. The molecule has 2 aromatic carbocycles. The molecule has 1 aromatic heterocycles. The summed E-state index contributed by atoms with van der Waals surface area (Å²) in [5.41, 5.74) is 3.47. The predicted octanol–water partition coefficient (Wildman–Crippen LogP) is 3.63. The van der Waals surface area contributed by atoms with Crippen molar-refractivity contribution < 1.29 is 19.1 Å². The first kappa shape index (κ1) is 19.8. The van der Waals surface area contributed by atoms with Gasteiger partial charge in [0.2, 0.25) is 0 Å². The summed E-state index contributed by atoms with van der Waals surface area (Å²) in [6.45, 7) is 6.10. The van der Waals surface area contributed by atoms with Crippen LogP contribution in [0.3, 0.4) is 0 Å². The smallest absolute Gasteiger partial charge is 0.326 e. The van der Waals surface area contributed by atoms with Gasteiger partial charge in [0.05, 0.1) is 29.5 Å². The molecule has 6 nitrogen and oxygen atoms in total. The fraction of sp³-hybridized carbons (Fsp3) is 0.286. The summed E-state index contributed by atoms with van der Waals surface area (Å²) in [5.74, 6) is -0.331. The van der Waals surface area contributed by atoms with Crippen LogP contribution >= 0.6 is 11.3 Å². The Morgan fingerprint density at radius 3 is 2.57 bits per heavy atom. The average Bonchev–Trinajstić information content (AvgIpc) is 2.98. The number of benzene rings is 2. The molecule has 3 rings (SSSR count). The van der Waals surface area contributed by atoms with Crippen molar-refractivity contribution in [3.63, 3.8) is 0 Å². The van der Waals surface area contributed by atoms with E-state index in [0.717, 1.165) is 21.3 Å². The molecule has 7 heteroatoms. The number of fused-ring (bicyclic) bond motifs is 1. The van der Waals surface area contributed by atoms with E-state index in [0.29, 0.717) is 22.7 Å². The zero-order valence-electron chi connectivity index (χ0n) is 16.3. The highest BCUT2D eigenvalue weighted by molar-refractivity contribution is 7.16. The molecule has 0 aliphatic rings. The number of ether oxygens (including phenoxy) is 2. The van der Waals surface area contributed by atoms with Crippen molar-refractivity contribution in [2.45, 2.75) is 27.3 Å². The average molecular weight is 398 g/mol. The highest BCUT2D eigenvalue weighted by Gasteiger charge is 2.15. The van der Waals surface area contributed by atoms with Crippen molar-refractivity contribution in [1.29, 1.82) is 0 Å². The van der Waals surface area contributed by atoms with Crippen LogP contribution in [-0.4, -0.2) is 30.2 Å². The number of para-hydroxylation sites is 1. The van der Waals surface area contributed by atoms with Crippen molar-refractivity contribution in [2.24, 2.45) is 4.99 Å². The van der Waals surface area contributed by atoms with E-state index in [-0.39, 0.29) is 12.5 Å². The monoisotopic (exact) mass is 398 g/mol. The van der Waals surface area contributed by atoms with Gasteiger partial charge in [-0.15, -0.1) is 0 Å². The number of methoxy groups -OCH3 is 1. The van der Waals surface area contributed by atoms with Crippen LogP contribution in [0.15, 0.2) is 41.4 Å². The Kier molecular flexibility index (Phi) is 5.94. The minimum Gasteiger partial charge on any atom is -0.496 e. The molecule has 0 bridgehead atoms. The molecule has 0 aliphatic heterocycles. The molecule has 28 heavy (non-hydrogen) atoms. The maximum atomic E-state index is 12.8. The fourth-order valence-corrected chi connectivity index (χ4v) is 3.97. The van der Waals surface area contributed by atoms with E-state index in [1.165, 1.54) is 18.4 Å². The lowest BCUT2D eigenvalue weighted by Crippen LogP contribution is -2.23. The van der Waals surface area contributed by atoms with Crippen LogP contribution in [0.2, 0.25) is 0 Å². The minimum atomic E-state index is -0.421. The zero-order chi connectivity index (χ0) is 20.3. The highest BCUT2D eigenvalue weighted by atomic mass is 32.1. The van der Waals surface area contributed by atoms with Gasteiger partial charge in [-0.3, -0.25) is 9.59 Å². The Balaban J connectivity index is 2.17. The molecule has 146 valence electrons. The lowest BCUT2D eigenvalue weighted by molar-refractivity contribution is -0.143. The molecule has 0 spiro atoms. The number of aromatic nitrogens is 1. The molecule has 0 fully saturated rings. The van der Waals surface area contributed by atoms with Gasteiger partial charge in [-0.1, -0.05) is 23.5 Å². The van der Waals surface area contributed by atoms with Crippen LogP contribution in [0.5, 0.6) is 5.75 Å². The van der Waals surface area contributed by atoms with Crippen LogP contribution in [0.1, 0.15) is 28.4 Å². The molecule has 0 unspecified atom stereocenters. The predicted molar refractivity (Wildman–Crippen MR) is 109 cm³/mol. The van der Waals surface area contributed by atoms with Gasteiger partial charge in [-0.25, -0.2) is 0 Å². The van der Waals surface area contributed by atoms with E-state index < -0.39 is 5.91 Å². The van der Waals surface area contributed by atoms with Crippen molar-refractivity contribution in [3.05, 3.63) is 57.9 Å². The van der Waals surface area contributed by atoms with Crippen LogP contribution in [-0.2, 0) is 16.1 Å². The molecular formula is C21H22N2O4S. The summed E-state index contributed by atoms with van der Waals surface area (Å²) in [6, 6.07) is 11.0. The van der Waals surface area contributed by atoms with Crippen LogP contribution < -0.4 is 9.54 Å². The Labute approximate surface area is 167 Å². The molecule has 1 heterocycles. The first-order valence-corrected chi connectivity index (χ1v) is 9.74. The third-order valence-corrected chi connectivity index (χ3v) is 5.47. The quantitative estimate of drug-likeness (QED) is 0.616. The van der Waals surface area contributed by atoms with E-state index in [2.05, 4.69) is 4.99 Å². The summed E-state index contributed by atoms with van der Waals surface area (Å²) >= 11 is 1.37. The van der Waals surface area contributed by atoms with Gasteiger partial charge >= 0.3 is 5.97 Å². The summed E-state index contributed by atoms with van der Waals surface area (Å²) in [5, 5.41) is 0. The molecule has 0 saturated carbocycles. The summed E-state index contributed by atoms with van der Waals surface area (Å²) in [6.07, 6.45) is 0. The zero-order valence-corrected chi connectivity index (χ0v) is 17.1. The number of aryl methyl sites for hydroxylation is 2. The second kappa shape index (κ2) is 8.39. The van der Waals surface area contributed by atoms with Crippen molar-refractivity contribution in [3.8, 4) is 5.75 Å². The number of hydrogen-bond acceptors (Lipinski definition) is 5. The van der Waals surface area contributed by atoms with Crippen LogP contribution in [0, 0.1) is 13.8 Å². The maximum Gasteiger partial charge on any atom is 0.326 e. The number of carbonyl (C=O) groups is 2. The first-order chi connectivity index (χ1) is 13.4. The second-order valence-corrected chi connectivity index (χ2v) is 7.31. The Morgan fingerprint density at radius 1 is 1.14 bits per heavy atom. The lowest BCUT2D eigenvalue weighted by Gasteiger charge is -2.07. The fourth-order valence-electron chi connectivity index (χ4n) is 2.86. The highest BCUT2D eigenvalue weighted by Crippen LogP contribution is 2.23. The number of rotatable bonds is 5. The van der Waals surface area contributed by atoms with Crippen LogP contribution in [0.25, 0.3) is 10.2 Å². The van der Waals surface area contributed by atoms with Gasteiger partial charge < -0.3 is 14.0 Å². The maximum absolute atomic E-state index is 12.8. The number of esters is 1. The molecule has 0 aliphatic carbocycles. The topological polar surface area (TPSA) is 69.9 Å². The summed E-state index contributed by atoms with van der Waals surface area (Å²) in [4.78, 5) is 29.7. The van der Waals surface area contributed by atoms with Crippen molar-refractivity contribution in [1.82, 2.24) is 4.57 Å². The minimum absolute atomic E-state index is 0.00558. The molecule has 0 atom stereocenters.